The van der Waals surface area contributed by atoms with Gasteiger partial charge in [0.25, 0.3) is 0 Å². The van der Waals surface area contributed by atoms with E-state index in [1.165, 1.54) is 25.8 Å². The zero-order valence-corrected chi connectivity index (χ0v) is 10.6. The average molecular weight is 200 g/mol. The predicted molar refractivity (Wildman–Crippen MR) is 64.7 cm³/mol. The summed E-state index contributed by atoms with van der Waals surface area (Å²) in [6, 6.07) is 0.707. The van der Waals surface area contributed by atoms with Crippen molar-refractivity contribution in [3.05, 3.63) is 0 Å². The van der Waals surface area contributed by atoms with Gasteiger partial charge in [0.15, 0.2) is 0 Å². The second kappa shape index (κ2) is 8.25. The lowest BCUT2D eigenvalue weighted by Gasteiger charge is -2.29. The van der Waals surface area contributed by atoms with Gasteiger partial charge < -0.3 is 10.2 Å². The van der Waals surface area contributed by atoms with Crippen LogP contribution in [0.1, 0.15) is 40.0 Å². The van der Waals surface area contributed by atoms with Crippen LogP contribution >= 0.6 is 0 Å². The van der Waals surface area contributed by atoms with Gasteiger partial charge in [-0.15, -0.1) is 0 Å². The van der Waals surface area contributed by atoms with E-state index in [4.69, 9.17) is 0 Å². The quantitative estimate of drug-likeness (QED) is 0.647. The van der Waals surface area contributed by atoms with Crippen molar-refractivity contribution in [1.29, 1.82) is 0 Å². The van der Waals surface area contributed by atoms with Gasteiger partial charge in [0.05, 0.1) is 0 Å². The molecular formula is C12H28N2. The molecule has 0 bridgehead atoms. The third-order valence-corrected chi connectivity index (χ3v) is 2.98. The Kier molecular flexibility index (Phi) is 8.20. The molecule has 0 heterocycles. The molecule has 0 aromatic heterocycles. The summed E-state index contributed by atoms with van der Waals surface area (Å²) in [6.07, 6.45) is 3.85. The fourth-order valence-electron chi connectivity index (χ4n) is 1.82. The maximum Gasteiger partial charge on any atom is 0.0217 e. The largest absolute Gasteiger partial charge is 0.318 e. The number of nitrogens with one attached hydrogen (secondary N) is 1. The molecule has 0 radical (unpaired) electrons. The van der Waals surface area contributed by atoms with Gasteiger partial charge in [-0.3, -0.25) is 0 Å². The van der Waals surface area contributed by atoms with E-state index in [1.54, 1.807) is 0 Å². The maximum absolute atomic E-state index is 3.28. The van der Waals surface area contributed by atoms with E-state index < -0.39 is 0 Å². The first-order chi connectivity index (χ1) is 6.65. The molecule has 0 aromatic rings. The van der Waals surface area contributed by atoms with E-state index >= 15 is 0 Å². The normalized spacial score (nSPS) is 15.9. The van der Waals surface area contributed by atoms with Crippen LogP contribution < -0.4 is 5.32 Å². The van der Waals surface area contributed by atoms with E-state index in [0.717, 1.165) is 12.5 Å². The molecule has 0 aliphatic rings. The zero-order chi connectivity index (χ0) is 11.0. The third kappa shape index (κ3) is 5.61. The molecule has 2 unspecified atom stereocenters. The maximum atomic E-state index is 3.28. The van der Waals surface area contributed by atoms with Gasteiger partial charge in [-0.1, -0.05) is 33.6 Å². The SMILES string of the molecule is CCCC(CNC)N(C)CC(C)CC. The van der Waals surface area contributed by atoms with E-state index in [2.05, 4.69) is 38.0 Å². The lowest BCUT2D eigenvalue weighted by atomic mass is 10.1. The molecule has 1 N–H and O–H groups in total. The number of hydrogen-bond acceptors (Lipinski definition) is 2. The van der Waals surface area contributed by atoms with Crippen molar-refractivity contribution in [2.24, 2.45) is 5.92 Å². The summed E-state index contributed by atoms with van der Waals surface area (Å²) in [6.45, 7) is 9.20. The lowest BCUT2D eigenvalue weighted by Crippen LogP contribution is -2.41. The van der Waals surface area contributed by atoms with Crippen molar-refractivity contribution < 1.29 is 0 Å². The van der Waals surface area contributed by atoms with Crippen LogP contribution in [0, 0.1) is 5.92 Å². The highest BCUT2D eigenvalue weighted by atomic mass is 15.1. The van der Waals surface area contributed by atoms with Gasteiger partial charge in [-0.25, -0.2) is 0 Å². The van der Waals surface area contributed by atoms with Crippen LogP contribution in [0.3, 0.4) is 0 Å². The fraction of sp³-hybridized carbons (Fsp3) is 1.00. The Morgan fingerprint density at radius 3 is 2.36 bits per heavy atom. The van der Waals surface area contributed by atoms with Crippen molar-refractivity contribution in [1.82, 2.24) is 10.2 Å². The first-order valence-corrected chi connectivity index (χ1v) is 6.00. The summed E-state index contributed by atoms with van der Waals surface area (Å²) in [5.74, 6) is 0.816. The van der Waals surface area contributed by atoms with Crippen LogP contribution in [0.15, 0.2) is 0 Å². The van der Waals surface area contributed by atoms with Gasteiger partial charge >= 0.3 is 0 Å². The highest BCUT2D eigenvalue weighted by molar-refractivity contribution is 4.71. The van der Waals surface area contributed by atoms with E-state index in [1.807, 2.05) is 7.05 Å². The molecule has 0 saturated heterocycles. The fourth-order valence-corrected chi connectivity index (χ4v) is 1.82. The average Bonchev–Trinajstić information content (AvgIpc) is 2.17. The molecule has 0 aromatic carbocycles. The summed E-state index contributed by atoms with van der Waals surface area (Å²) in [4.78, 5) is 2.51. The number of nitrogens with zero attached hydrogens (tertiary/aromatic N) is 1. The molecule has 2 nitrogen and oxygen atoms in total. The second-order valence-electron chi connectivity index (χ2n) is 4.45. The van der Waals surface area contributed by atoms with E-state index in [9.17, 15) is 0 Å². The number of rotatable bonds is 8. The van der Waals surface area contributed by atoms with Crippen LogP contribution in [-0.2, 0) is 0 Å². The lowest BCUT2D eigenvalue weighted by molar-refractivity contribution is 0.196. The molecule has 0 spiro atoms. The molecule has 2 atom stereocenters. The highest BCUT2D eigenvalue weighted by Gasteiger charge is 2.14. The van der Waals surface area contributed by atoms with Crippen molar-refractivity contribution in [3.63, 3.8) is 0 Å². The zero-order valence-electron chi connectivity index (χ0n) is 10.6. The number of likely N-dealkylation sites (N-methyl/N-ethyl adjacent to an activating group) is 2. The molecule has 86 valence electrons. The minimum Gasteiger partial charge on any atom is -0.318 e. The monoisotopic (exact) mass is 200 g/mol. The number of hydrogen-bond donors (Lipinski definition) is 1. The first kappa shape index (κ1) is 13.9. The molecule has 0 aliphatic heterocycles. The Labute approximate surface area is 90.1 Å². The molecule has 2 heteroatoms. The van der Waals surface area contributed by atoms with Gasteiger partial charge in [0.1, 0.15) is 0 Å². The topological polar surface area (TPSA) is 15.3 Å². The second-order valence-corrected chi connectivity index (χ2v) is 4.45. The van der Waals surface area contributed by atoms with Crippen LogP contribution in [0.25, 0.3) is 0 Å². The highest BCUT2D eigenvalue weighted by Crippen LogP contribution is 2.09. The molecule has 14 heavy (non-hydrogen) atoms. The Morgan fingerprint density at radius 1 is 1.29 bits per heavy atom. The Morgan fingerprint density at radius 2 is 1.93 bits per heavy atom. The minimum absolute atomic E-state index is 0.707. The Balaban J connectivity index is 3.92. The van der Waals surface area contributed by atoms with Crippen LogP contribution in [0.4, 0.5) is 0 Å². The van der Waals surface area contributed by atoms with Crippen LogP contribution in [0.2, 0.25) is 0 Å². The van der Waals surface area contributed by atoms with Gasteiger partial charge in [0, 0.05) is 19.1 Å². The minimum atomic E-state index is 0.707. The Hall–Kier alpha value is -0.0800. The summed E-state index contributed by atoms with van der Waals surface area (Å²) in [5, 5.41) is 3.28. The predicted octanol–water partition coefficient (Wildman–Crippen LogP) is 2.35. The van der Waals surface area contributed by atoms with Gasteiger partial charge in [0.2, 0.25) is 0 Å². The smallest absolute Gasteiger partial charge is 0.0217 e. The van der Waals surface area contributed by atoms with E-state index in [-0.39, 0.29) is 0 Å². The van der Waals surface area contributed by atoms with Gasteiger partial charge in [-0.05, 0) is 26.4 Å². The Bertz CT molecular complexity index is 119. The molecular weight excluding hydrogens is 172 g/mol. The molecule has 0 fully saturated rings. The van der Waals surface area contributed by atoms with Crippen LogP contribution in [-0.4, -0.2) is 38.1 Å². The molecule has 0 aliphatic carbocycles. The standard InChI is InChI=1S/C12H28N2/c1-6-8-12(9-13-4)14(5)10-11(3)7-2/h11-13H,6-10H2,1-5H3. The molecule has 0 rings (SSSR count). The molecule has 0 saturated carbocycles. The van der Waals surface area contributed by atoms with Crippen molar-refractivity contribution in [2.45, 2.75) is 46.1 Å². The summed E-state index contributed by atoms with van der Waals surface area (Å²) < 4.78 is 0. The third-order valence-electron chi connectivity index (χ3n) is 2.98. The van der Waals surface area contributed by atoms with Crippen LogP contribution in [0.5, 0.6) is 0 Å². The van der Waals surface area contributed by atoms with Crippen molar-refractivity contribution >= 4 is 0 Å². The van der Waals surface area contributed by atoms with E-state index in [0.29, 0.717) is 6.04 Å². The summed E-state index contributed by atoms with van der Waals surface area (Å²) >= 11 is 0. The summed E-state index contributed by atoms with van der Waals surface area (Å²) in [7, 11) is 4.30. The first-order valence-electron chi connectivity index (χ1n) is 6.00. The van der Waals surface area contributed by atoms with Gasteiger partial charge in [-0.2, -0.15) is 0 Å². The van der Waals surface area contributed by atoms with Crippen molar-refractivity contribution in [3.8, 4) is 0 Å². The molecule has 0 amide bonds. The summed E-state index contributed by atoms with van der Waals surface area (Å²) in [5.41, 5.74) is 0. The van der Waals surface area contributed by atoms with Crippen molar-refractivity contribution in [2.75, 3.05) is 27.2 Å².